The summed E-state index contributed by atoms with van der Waals surface area (Å²) < 4.78 is 5.47. The maximum absolute atomic E-state index is 5.47. The number of hydrogen-bond donors (Lipinski definition) is 1. The second-order valence-corrected chi connectivity index (χ2v) is 7.03. The van der Waals surface area contributed by atoms with Crippen molar-refractivity contribution in [3.05, 3.63) is 35.3 Å². The van der Waals surface area contributed by atoms with Gasteiger partial charge in [-0.2, -0.15) is 5.10 Å². The van der Waals surface area contributed by atoms with Crippen molar-refractivity contribution in [3.63, 3.8) is 0 Å². The average Bonchev–Trinajstić information content (AvgIpc) is 2.97. The minimum atomic E-state index is 0.0750. The van der Waals surface area contributed by atoms with Crippen molar-refractivity contribution < 1.29 is 4.42 Å². The summed E-state index contributed by atoms with van der Waals surface area (Å²) in [4.78, 5) is 6.70. The molecule has 0 spiro atoms. The molecule has 0 bridgehead atoms. The van der Waals surface area contributed by atoms with E-state index in [9.17, 15) is 0 Å². The van der Waals surface area contributed by atoms with Gasteiger partial charge in [-0.25, -0.2) is 4.98 Å². The lowest BCUT2D eigenvalue weighted by Gasteiger charge is -2.14. The van der Waals surface area contributed by atoms with E-state index >= 15 is 0 Å². The maximum Gasteiger partial charge on any atom is 0.196 e. The number of aromatic amines is 1. The zero-order chi connectivity index (χ0) is 15.6. The van der Waals surface area contributed by atoms with Crippen molar-refractivity contribution in [1.82, 2.24) is 20.1 Å². The molecule has 0 unspecified atom stereocenters. The van der Waals surface area contributed by atoms with Crippen LogP contribution in [-0.4, -0.2) is 27.1 Å². The second kappa shape index (κ2) is 6.02. The van der Waals surface area contributed by atoms with Gasteiger partial charge in [-0.05, 0) is 13.1 Å². The molecule has 0 aliphatic rings. The van der Waals surface area contributed by atoms with Crippen molar-refractivity contribution >= 4 is 0 Å². The van der Waals surface area contributed by atoms with Crippen LogP contribution in [0.5, 0.6) is 0 Å². The Morgan fingerprint density at radius 1 is 1.29 bits per heavy atom. The van der Waals surface area contributed by atoms with Crippen LogP contribution in [0.2, 0.25) is 0 Å². The molecule has 0 atom stereocenters. The van der Waals surface area contributed by atoms with Gasteiger partial charge in [0.05, 0.1) is 11.4 Å². The van der Waals surface area contributed by atoms with Crippen molar-refractivity contribution in [3.8, 4) is 0 Å². The van der Waals surface area contributed by atoms with E-state index in [1.54, 1.807) is 6.26 Å². The van der Waals surface area contributed by atoms with Gasteiger partial charge in [0.2, 0.25) is 0 Å². The third-order valence-corrected chi connectivity index (χ3v) is 3.33. The van der Waals surface area contributed by atoms with Crippen LogP contribution in [0.4, 0.5) is 0 Å². The minimum absolute atomic E-state index is 0.0750. The summed E-state index contributed by atoms with van der Waals surface area (Å²) in [5.41, 5.74) is 3.26. The quantitative estimate of drug-likeness (QED) is 0.916. The smallest absolute Gasteiger partial charge is 0.196 e. The van der Waals surface area contributed by atoms with E-state index in [0.29, 0.717) is 5.92 Å². The summed E-state index contributed by atoms with van der Waals surface area (Å²) in [6.07, 6.45) is 1.75. The largest absolute Gasteiger partial charge is 0.448 e. The Balaban J connectivity index is 1.95. The molecule has 1 N–H and O–H groups in total. The molecule has 2 heterocycles. The van der Waals surface area contributed by atoms with Crippen LogP contribution < -0.4 is 0 Å². The van der Waals surface area contributed by atoms with Gasteiger partial charge >= 0.3 is 0 Å². The zero-order valence-corrected chi connectivity index (χ0v) is 13.9. The lowest BCUT2D eigenvalue weighted by molar-refractivity contribution is 0.310. The molecule has 0 aliphatic heterocycles. The van der Waals surface area contributed by atoms with Crippen molar-refractivity contribution in [2.75, 3.05) is 7.05 Å². The van der Waals surface area contributed by atoms with E-state index in [1.807, 2.05) is 0 Å². The first kappa shape index (κ1) is 15.8. The van der Waals surface area contributed by atoms with Crippen molar-refractivity contribution in [1.29, 1.82) is 0 Å². The summed E-state index contributed by atoms with van der Waals surface area (Å²) in [5, 5.41) is 7.51. The molecule has 5 heteroatoms. The Labute approximate surface area is 126 Å². The van der Waals surface area contributed by atoms with Crippen molar-refractivity contribution in [2.45, 2.75) is 59.0 Å². The molecule has 0 aliphatic carbocycles. The monoisotopic (exact) mass is 290 g/mol. The topological polar surface area (TPSA) is 58.0 Å². The number of rotatable bonds is 5. The highest BCUT2D eigenvalue weighted by molar-refractivity contribution is 5.16. The lowest BCUT2D eigenvalue weighted by Crippen LogP contribution is -2.17. The molecule has 21 heavy (non-hydrogen) atoms. The number of nitrogens with zero attached hydrogens (tertiary/aromatic N) is 3. The highest BCUT2D eigenvalue weighted by Gasteiger charge is 2.18. The first-order chi connectivity index (χ1) is 9.75. The second-order valence-electron chi connectivity index (χ2n) is 7.03. The fourth-order valence-corrected chi connectivity index (χ4v) is 2.11. The van der Waals surface area contributed by atoms with Gasteiger partial charge in [0.1, 0.15) is 6.26 Å². The Morgan fingerprint density at radius 2 is 2.00 bits per heavy atom. The molecular formula is C16H26N4O. The number of aromatic nitrogens is 3. The maximum atomic E-state index is 5.47. The van der Waals surface area contributed by atoms with E-state index in [-0.39, 0.29) is 5.41 Å². The van der Waals surface area contributed by atoms with Gasteiger partial charge in [-0.15, -0.1) is 0 Å². The van der Waals surface area contributed by atoms with E-state index in [2.05, 4.69) is 67.8 Å². The van der Waals surface area contributed by atoms with Gasteiger partial charge in [0.15, 0.2) is 5.89 Å². The Hall–Kier alpha value is -1.62. The number of H-pyrrole nitrogens is 1. The molecule has 0 radical (unpaired) electrons. The molecule has 0 saturated heterocycles. The van der Waals surface area contributed by atoms with Crippen LogP contribution in [0.3, 0.4) is 0 Å². The summed E-state index contributed by atoms with van der Waals surface area (Å²) in [5.74, 6) is 1.13. The third kappa shape index (κ3) is 4.17. The van der Waals surface area contributed by atoms with E-state index in [0.717, 1.165) is 36.1 Å². The van der Waals surface area contributed by atoms with Gasteiger partial charge < -0.3 is 4.42 Å². The fourth-order valence-electron chi connectivity index (χ4n) is 2.11. The Morgan fingerprint density at radius 3 is 2.52 bits per heavy atom. The molecular weight excluding hydrogens is 264 g/mol. The Kier molecular flexibility index (Phi) is 4.52. The molecule has 2 aromatic heterocycles. The highest BCUT2D eigenvalue weighted by Crippen LogP contribution is 2.21. The zero-order valence-electron chi connectivity index (χ0n) is 13.9. The van der Waals surface area contributed by atoms with Gasteiger partial charge in [-0.1, -0.05) is 34.6 Å². The van der Waals surface area contributed by atoms with E-state index in [1.165, 1.54) is 0 Å². The summed E-state index contributed by atoms with van der Waals surface area (Å²) in [7, 11) is 2.07. The molecule has 116 valence electrons. The van der Waals surface area contributed by atoms with Gasteiger partial charge in [0.25, 0.3) is 0 Å². The number of nitrogens with one attached hydrogen (secondary N) is 1. The first-order valence-electron chi connectivity index (χ1n) is 7.43. The predicted octanol–water partition coefficient (Wildman–Crippen LogP) is 3.45. The van der Waals surface area contributed by atoms with E-state index < -0.39 is 0 Å². The van der Waals surface area contributed by atoms with E-state index in [4.69, 9.17) is 4.42 Å². The fraction of sp³-hybridized carbons (Fsp3) is 0.625. The molecule has 0 aromatic carbocycles. The Bertz CT molecular complexity index is 577. The molecule has 2 aromatic rings. The average molecular weight is 290 g/mol. The molecule has 0 amide bonds. The number of oxazole rings is 1. The summed E-state index contributed by atoms with van der Waals surface area (Å²) in [6.45, 7) is 12.2. The van der Waals surface area contributed by atoms with Gasteiger partial charge in [-0.3, -0.25) is 10.00 Å². The molecule has 0 saturated carbocycles. The van der Waals surface area contributed by atoms with Crippen LogP contribution >= 0.6 is 0 Å². The normalized spacial score (nSPS) is 12.6. The SMILES string of the molecule is CC(C)c1nc(CN(C)Cc2cc(C(C)(C)C)n[nH]2)co1. The van der Waals surface area contributed by atoms with Crippen LogP contribution in [0.1, 0.15) is 63.5 Å². The predicted molar refractivity (Wildman–Crippen MR) is 83.1 cm³/mol. The van der Waals surface area contributed by atoms with Crippen LogP contribution in [0.15, 0.2) is 16.7 Å². The van der Waals surface area contributed by atoms with Gasteiger partial charge in [0, 0.05) is 30.1 Å². The molecule has 0 fully saturated rings. The molecule has 2 rings (SSSR count). The standard InChI is InChI=1S/C16H26N4O/c1-11(2)15-17-13(10-21-15)9-20(6)8-12-7-14(19-18-12)16(3,4)5/h7,10-11H,8-9H2,1-6H3,(H,18,19). The molecule has 5 nitrogen and oxygen atoms in total. The van der Waals surface area contributed by atoms with Crippen LogP contribution in [-0.2, 0) is 18.5 Å². The first-order valence-corrected chi connectivity index (χ1v) is 7.43. The highest BCUT2D eigenvalue weighted by atomic mass is 16.3. The summed E-state index contributed by atoms with van der Waals surface area (Å²) in [6, 6.07) is 2.14. The summed E-state index contributed by atoms with van der Waals surface area (Å²) >= 11 is 0. The van der Waals surface area contributed by atoms with Crippen LogP contribution in [0, 0.1) is 0 Å². The third-order valence-electron chi connectivity index (χ3n) is 3.33. The van der Waals surface area contributed by atoms with Crippen LogP contribution in [0.25, 0.3) is 0 Å². The van der Waals surface area contributed by atoms with Crippen molar-refractivity contribution in [2.24, 2.45) is 0 Å². The number of hydrogen-bond acceptors (Lipinski definition) is 4. The lowest BCUT2D eigenvalue weighted by atomic mass is 9.92. The minimum Gasteiger partial charge on any atom is -0.448 e.